The molecule has 4 amide bonds. The molecule has 1 heterocycles. The molecule has 0 aromatic rings. The maximum atomic E-state index is 13.1. The van der Waals surface area contributed by atoms with E-state index in [-0.39, 0.29) is 37.5 Å². The van der Waals surface area contributed by atoms with Gasteiger partial charge in [0.25, 0.3) is 0 Å². The van der Waals surface area contributed by atoms with E-state index in [1.165, 1.54) is 4.90 Å². The highest BCUT2D eigenvalue weighted by atomic mass is 32.1. The zero-order valence-corrected chi connectivity index (χ0v) is 18.8. The van der Waals surface area contributed by atoms with E-state index in [4.69, 9.17) is 11.5 Å². The lowest BCUT2D eigenvalue weighted by atomic mass is 10.0. The van der Waals surface area contributed by atoms with Crippen LogP contribution in [0.1, 0.15) is 46.0 Å². The van der Waals surface area contributed by atoms with E-state index in [2.05, 4.69) is 23.3 Å². The Morgan fingerprint density at radius 2 is 1.81 bits per heavy atom. The molecule has 7 N–H and O–H groups in total. The molecule has 4 unspecified atom stereocenters. The summed E-state index contributed by atoms with van der Waals surface area (Å²) in [4.78, 5) is 62.0. The van der Waals surface area contributed by atoms with Gasteiger partial charge in [-0.3, -0.25) is 19.2 Å². The van der Waals surface area contributed by atoms with Gasteiger partial charge in [-0.15, -0.1) is 0 Å². The largest absolute Gasteiger partial charge is 0.480 e. The number of hydrogen-bond donors (Lipinski definition) is 6. The smallest absolute Gasteiger partial charge is 0.326 e. The number of likely N-dealkylation sites (tertiary alicyclic amines) is 1. The zero-order valence-electron chi connectivity index (χ0n) is 17.9. The van der Waals surface area contributed by atoms with E-state index in [1.54, 1.807) is 0 Å². The highest BCUT2D eigenvalue weighted by Gasteiger charge is 2.39. The molecule has 1 rings (SSSR count). The number of carboxylic acid groups (broad SMARTS) is 1. The summed E-state index contributed by atoms with van der Waals surface area (Å²) in [5.41, 5.74) is 10.8. The Labute approximate surface area is 187 Å². The van der Waals surface area contributed by atoms with Crippen LogP contribution in [0.4, 0.5) is 0 Å². The monoisotopic (exact) mass is 459 g/mol. The van der Waals surface area contributed by atoms with Crippen molar-refractivity contribution in [2.24, 2.45) is 17.4 Å². The minimum Gasteiger partial charge on any atom is -0.480 e. The quantitative estimate of drug-likeness (QED) is 0.194. The lowest BCUT2D eigenvalue weighted by Gasteiger charge is -2.30. The first kappa shape index (κ1) is 26.7. The number of hydrogen-bond acceptors (Lipinski definition) is 7. The number of carboxylic acids is 1. The molecule has 0 aromatic carbocycles. The van der Waals surface area contributed by atoms with Crippen LogP contribution in [0.2, 0.25) is 0 Å². The molecule has 12 heteroatoms. The van der Waals surface area contributed by atoms with Crippen molar-refractivity contribution in [1.82, 2.24) is 15.5 Å². The number of amides is 4. The van der Waals surface area contributed by atoms with Crippen molar-refractivity contribution < 1.29 is 29.1 Å². The Kier molecular flexibility index (Phi) is 10.8. The average Bonchev–Trinajstić information content (AvgIpc) is 3.18. The van der Waals surface area contributed by atoms with Crippen molar-refractivity contribution in [2.75, 3.05) is 12.3 Å². The SMILES string of the molecule is CC(C)CC(NC(=O)C1CCCN1C(=O)C(CCC(N)=O)NC(=O)C(N)CS)C(=O)O. The molecule has 0 saturated carbocycles. The van der Waals surface area contributed by atoms with Gasteiger partial charge in [0.15, 0.2) is 0 Å². The maximum Gasteiger partial charge on any atom is 0.326 e. The highest BCUT2D eigenvalue weighted by Crippen LogP contribution is 2.20. The molecule has 1 aliphatic heterocycles. The van der Waals surface area contributed by atoms with Crippen LogP contribution in [0.3, 0.4) is 0 Å². The Bertz CT molecular complexity index is 689. The van der Waals surface area contributed by atoms with Crippen molar-refractivity contribution in [3.8, 4) is 0 Å². The topological polar surface area (TPSA) is 185 Å². The molecule has 31 heavy (non-hydrogen) atoms. The Morgan fingerprint density at radius 3 is 2.32 bits per heavy atom. The van der Waals surface area contributed by atoms with Crippen LogP contribution in [-0.2, 0) is 24.0 Å². The molecule has 0 radical (unpaired) electrons. The van der Waals surface area contributed by atoms with Crippen LogP contribution in [0.15, 0.2) is 0 Å². The number of carbonyl (C=O) groups excluding carboxylic acids is 4. The van der Waals surface area contributed by atoms with Gasteiger partial charge in [0, 0.05) is 18.7 Å². The lowest BCUT2D eigenvalue weighted by Crippen LogP contribution is -2.57. The van der Waals surface area contributed by atoms with Crippen molar-refractivity contribution in [3.05, 3.63) is 0 Å². The third kappa shape index (κ3) is 8.37. The van der Waals surface area contributed by atoms with Gasteiger partial charge in [0.2, 0.25) is 23.6 Å². The molecular weight excluding hydrogens is 426 g/mol. The van der Waals surface area contributed by atoms with E-state index in [1.807, 2.05) is 13.8 Å². The number of rotatable bonds is 12. The zero-order chi connectivity index (χ0) is 23.7. The van der Waals surface area contributed by atoms with Crippen LogP contribution in [0, 0.1) is 5.92 Å². The van der Waals surface area contributed by atoms with Crippen molar-refractivity contribution in [1.29, 1.82) is 0 Å². The molecule has 11 nitrogen and oxygen atoms in total. The summed E-state index contributed by atoms with van der Waals surface area (Å²) in [7, 11) is 0. The molecule has 1 fully saturated rings. The first-order chi connectivity index (χ1) is 14.5. The highest BCUT2D eigenvalue weighted by molar-refractivity contribution is 7.80. The summed E-state index contributed by atoms with van der Waals surface area (Å²) >= 11 is 3.96. The second-order valence-corrected chi connectivity index (χ2v) is 8.44. The van der Waals surface area contributed by atoms with Gasteiger partial charge in [0.05, 0.1) is 6.04 Å². The third-order valence-corrected chi connectivity index (χ3v) is 5.38. The van der Waals surface area contributed by atoms with Gasteiger partial charge < -0.3 is 32.1 Å². The van der Waals surface area contributed by atoms with Crippen LogP contribution in [0.25, 0.3) is 0 Å². The molecule has 1 aliphatic rings. The van der Waals surface area contributed by atoms with E-state index in [0.29, 0.717) is 12.8 Å². The van der Waals surface area contributed by atoms with E-state index in [0.717, 1.165) is 0 Å². The van der Waals surface area contributed by atoms with Gasteiger partial charge in [-0.1, -0.05) is 13.8 Å². The fourth-order valence-electron chi connectivity index (χ4n) is 3.37. The van der Waals surface area contributed by atoms with Crippen LogP contribution < -0.4 is 22.1 Å². The molecule has 4 atom stereocenters. The van der Waals surface area contributed by atoms with Crippen LogP contribution in [0.5, 0.6) is 0 Å². The van der Waals surface area contributed by atoms with E-state index < -0.39 is 53.8 Å². The fourth-order valence-corrected chi connectivity index (χ4v) is 3.54. The summed E-state index contributed by atoms with van der Waals surface area (Å²) in [5.74, 6) is -3.40. The number of thiol groups is 1. The number of nitrogens with zero attached hydrogens (tertiary/aromatic N) is 1. The van der Waals surface area contributed by atoms with Gasteiger partial charge in [0.1, 0.15) is 18.1 Å². The maximum absolute atomic E-state index is 13.1. The van der Waals surface area contributed by atoms with Gasteiger partial charge in [-0.2, -0.15) is 12.6 Å². The van der Waals surface area contributed by atoms with Crippen molar-refractivity contribution in [2.45, 2.75) is 70.1 Å². The van der Waals surface area contributed by atoms with Gasteiger partial charge >= 0.3 is 5.97 Å². The molecule has 0 spiro atoms. The van der Waals surface area contributed by atoms with Crippen molar-refractivity contribution in [3.63, 3.8) is 0 Å². The van der Waals surface area contributed by atoms with Crippen LogP contribution >= 0.6 is 12.6 Å². The Balaban J connectivity index is 2.96. The van der Waals surface area contributed by atoms with Crippen LogP contribution in [-0.4, -0.2) is 76.1 Å². The number of carbonyl (C=O) groups is 5. The van der Waals surface area contributed by atoms with E-state index in [9.17, 15) is 29.1 Å². The molecule has 0 bridgehead atoms. The number of primary amides is 1. The van der Waals surface area contributed by atoms with E-state index >= 15 is 0 Å². The summed E-state index contributed by atoms with van der Waals surface area (Å²) < 4.78 is 0. The first-order valence-corrected chi connectivity index (χ1v) is 10.9. The molecule has 1 saturated heterocycles. The molecule has 0 aliphatic carbocycles. The molecular formula is C19H33N5O6S. The number of aliphatic carboxylic acids is 1. The number of nitrogens with two attached hydrogens (primary N) is 2. The Morgan fingerprint density at radius 1 is 1.16 bits per heavy atom. The predicted octanol–water partition coefficient (Wildman–Crippen LogP) is -1.40. The summed E-state index contributed by atoms with van der Waals surface area (Å²) in [6.45, 7) is 3.95. The fraction of sp³-hybridized carbons (Fsp3) is 0.737. The first-order valence-electron chi connectivity index (χ1n) is 10.3. The minimum absolute atomic E-state index is 0.0465. The van der Waals surface area contributed by atoms with Gasteiger partial charge in [-0.05, 0) is 31.6 Å². The third-order valence-electron chi connectivity index (χ3n) is 4.99. The molecule has 0 aromatic heterocycles. The second-order valence-electron chi connectivity index (χ2n) is 8.07. The second kappa shape index (κ2) is 12.5. The minimum atomic E-state index is -1.15. The predicted molar refractivity (Wildman–Crippen MR) is 116 cm³/mol. The standard InChI is InChI=1S/C19H33N5O6S/c1-10(2)8-13(19(29)30)23-17(27)14-4-3-7-24(14)18(28)12(5-6-15(21)25)22-16(26)11(20)9-31/h10-14,31H,3-9,20H2,1-2H3,(H2,21,25)(H,22,26)(H,23,27)(H,29,30). The normalized spacial score (nSPS) is 18.9. The van der Waals surface area contributed by atoms with Gasteiger partial charge in [-0.25, -0.2) is 4.79 Å². The summed E-state index contributed by atoms with van der Waals surface area (Å²) in [5, 5.41) is 14.4. The summed E-state index contributed by atoms with van der Waals surface area (Å²) in [6.07, 6.45) is 0.958. The lowest BCUT2D eigenvalue weighted by molar-refractivity contribution is -0.145. The Hall–Kier alpha value is -2.34. The average molecular weight is 460 g/mol. The number of nitrogens with one attached hydrogen (secondary N) is 2. The molecule has 176 valence electrons. The summed E-state index contributed by atoms with van der Waals surface area (Å²) in [6, 6.07) is -3.97. The van der Waals surface area contributed by atoms with Crippen molar-refractivity contribution >= 4 is 42.2 Å².